The van der Waals surface area contributed by atoms with Gasteiger partial charge in [-0.1, -0.05) is 5.16 Å². The second-order valence-corrected chi connectivity index (χ2v) is 2.45. The minimum atomic E-state index is 0.501. The fourth-order valence-electron chi connectivity index (χ4n) is 0.785. The molecule has 4 heteroatoms. The minimum Gasteiger partial charge on any atom is -0.361 e. The van der Waals surface area contributed by atoms with Crippen LogP contribution in [-0.2, 0) is 11.3 Å². The van der Waals surface area contributed by atoms with Gasteiger partial charge in [0.05, 0.1) is 6.54 Å². The highest BCUT2D eigenvalue weighted by Crippen LogP contribution is 2.02. The van der Waals surface area contributed by atoms with Crippen LogP contribution < -0.4 is 0 Å². The fourth-order valence-corrected chi connectivity index (χ4v) is 0.785. The van der Waals surface area contributed by atoms with E-state index in [1.54, 1.807) is 13.1 Å². The first-order chi connectivity index (χ1) is 5.22. The molecule has 0 spiro atoms. The van der Waals surface area contributed by atoms with Crippen molar-refractivity contribution < 1.29 is 9.32 Å². The number of hydrogen-bond acceptors (Lipinski definition) is 3. The second-order valence-electron chi connectivity index (χ2n) is 2.45. The summed E-state index contributed by atoms with van der Waals surface area (Å²) in [5, 5.41) is 3.73. The molecule has 0 fully saturated rings. The highest BCUT2D eigenvalue weighted by atomic mass is 16.5. The molecular formula is C7H10N2O2. The van der Waals surface area contributed by atoms with Crippen molar-refractivity contribution >= 4 is 6.41 Å². The van der Waals surface area contributed by atoms with Crippen molar-refractivity contribution in [3.63, 3.8) is 0 Å². The van der Waals surface area contributed by atoms with Crippen LogP contribution >= 0.6 is 0 Å². The molecule has 1 rings (SSSR count). The number of hydrogen-bond donors (Lipinski definition) is 0. The van der Waals surface area contributed by atoms with Gasteiger partial charge in [-0.15, -0.1) is 0 Å². The SMILES string of the molecule is Cc1cc(CN(C)C=O)no1. The Balaban J connectivity index is 2.57. The number of rotatable bonds is 3. The van der Waals surface area contributed by atoms with E-state index in [0.29, 0.717) is 6.54 Å². The summed E-state index contributed by atoms with van der Waals surface area (Å²) < 4.78 is 4.82. The maximum absolute atomic E-state index is 10.2. The largest absolute Gasteiger partial charge is 0.361 e. The number of aryl methyl sites for hydroxylation is 1. The molecule has 0 atom stereocenters. The van der Waals surface area contributed by atoms with E-state index in [2.05, 4.69) is 5.16 Å². The van der Waals surface area contributed by atoms with E-state index in [1.165, 1.54) is 4.90 Å². The molecule has 1 aromatic rings. The zero-order chi connectivity index (χ0) is 8.27. The number of aromatic nitrogens is 1. The van der Waals surface area contributed by atoms with Crippen molar-refractivity contribution in [2.45, 2.75) is 13.5 Å². The summed E-state index contributed by atoms with van der Waals surface area (Å²) in [7, 11) is 1.69. The van der Waals surface area contributed by atoms with E-state index >= 15 is 0 Å². The van der Waals surface area contributed by atoms with Crippen molar-refractivity contribution in [3.05, 3.63) is 17.5 Å². The van der Waals surface area contributed by atoms with Gasteiger partial charge in [-0.05, 0) is 6.92 Å². The van der Waals surface area contributed by atoms with Crippen molar-refractivity contribution in [1.29, 1.82) is 0 Å². The van der Waals surface area contributed by atoms with Gasteiger partial charge < -0.3 is 9.42 Å². The predicted molar refractivity (Wildman–Crippen MR) is 38.8 cm³/mol. The highest BCUT2D eigenvalue weighted by Gasteiger charge is 2.01. The molecule has 0 aliphatic heterocycles. The zero-order valence-corrected chi connectivity index (χ0v) is 6.57. The summed E-state index contributed by atoms with van der Waals surface area (Å²) in [6.45, 7) is 2.32. The van der Waals surface area contributed by atoms with Crippen LogP contribution in [0, 0.1) is 6.92 Å². The third-order valence-electron chi connectivity index (χ3n) is 1.27. The van der Waals surface area contributed by atoms with Gasteiger partial charge in [-0.3, -0.25) is 4.79 Å². The third kappa shape index (κ3) is 2.07. The lowest BCUT2D eigenvalue weighted by molar-refractivity contribution is -0.117. The Bertz CT molecular complexity index is 244. The van der Waals surface area contributed by atoms with Crippen LogP contribution in [0.3, 0.4) is 0 Å². The normalized spacial score (nSPS) is 9.64. The molecule has 4 nitrogen and oxygen atoms in total. The highest BCUT2D eigenvalue weighted by molar-refractivity contribution is 5.46. The first-order valence-electron chi connectivity index (χ1n) is 3.30. The monoisotopic (exact) mass is 154 g/mol. The first kappa shape index (κ1) is 7.78. The van der Waals surface area contributed by atoms with Crippen molar-refractivity contribution in [2.24, 2.45) is 0 Å². The topological polar surface area (TPSA) is 46.3 Å². The van der Waals surface area contributed by atoms with Gasteiger partial charge in [0.2, 0.25) is 6.41 Å². The lowest BCUT2D eigenvalue weighted by Crippen LogP contribution is -2.14. The number of amides is 1. The molecule has 0 radical (unpaired) electrons. The van der Waals surface area contributed by atoms with Gasteiger partial charge in [-0.2, -0.15) is 0 Å². The molecule has 1 amide bonds. The van der Waals surface area contributed by atoms with E-state index in [9.17, 15) is 4.79 Å². The molecule has 0 bridgehead atoms. The van der Waals surface area contributed by atoms with Crippen molar-refractivity contribution in [3.8, 4) is 0 Å². The molecule has 1 heterocycles. The Kier molecular flexibility index (Phi) is 2.25. The lowest BCUT2D eigenvalue weighted by Gasteiger charge is -2.05. The summed E-state index contributed by atoms with van der Waals surface area (Å²) in [5.74, 6) is 0.763. The summed E-state index contributed by atoms with van der Waals surface area (Å²) in [6.07, 6.45) is 0.754. The van der Waals surface area contributed by atoms with Gasteiger partial charge in [0.1, 0.15) is 11.5 Å². The van der Waals surface area contributed by atoms with Crippen LogP contribution in [0.1, 0.15) is 11.5 Å². The van der Waals surface area contributed by atoms with Crippen LogP contribution in [0.5, 0.6) is 0 Å². The minimum absolute atomic E-state index is 0.501. The smallest absolute Gasteiger partial charge is 0.209 e. The van der Waals surface area contributed by atoms with Crippen LogP contribution in [-0.4, -0.2) is 23.5 Å². The maximum atomic E-state index is 10.2. The Morgan fingerprint density at radius 2 is 2.55 bits per heavy atom. The molecule has 0 aromatic carbocycles. The summed E-state index contributed by atoms with van der Waals surface area (Å²) in [4.78, 5) is 11.7. The van der Waals surface area contributed by atoms with Crippen molar-refractivity contribution in [1.82, 2.24) is 10.1 Å². The molecular weight excluding hydrogens is 144 g/mol. The summed E-state index contributed by atoms with van der Waals surface area (Å²) >= 11 is 0. The molecule has 0 aliphatic rings. The summed E-state index contributed by atoms with van der Waals surface area (Å²) in [5.41, 5.74) is 0.775. The Morgan fingerprint density at radius 3 is 3.00 bits per heavy atom. The van der Waals surface area contributed by atoms with Crippen LogP contribution in [0.2, 0.25) is 0 Å². The average molecular weight is 154 g/mol. The van der Waals surface area contributed by atoms with Gasteiger partial charge >= 0.3 is 0 Å². The van der Waals surface area contributed by atoms with Gasteiger partial charge in [0.25, 0.3) is 0 Å². The maximum Gasteiger partial charge on any atom is 0.209 e. The van der Waals surface area contributed by atoms with E-state index in [0.717, 1.165) is 17.9 Å². The average Bonchev–Trinajstić information content (AvgIpc) is 2.35. The molecule has 60 valence electrons. The van der Waals surface area contributed by atoms with Crippen LogP contribution in [0.15, 0.2) is 10.6 Å². The Morgan fingerprint density at radius 1 is 1.82 bits per heavy atom. The molecule has 0 N–H and O–H groups in total. The Hall–Kier alpha value is -1.32. The molecule has 0 unspecified atom stereocenters. The third-order valence-corrected chi connectivity index (χ3v) is 1.27. The molecule has 0 saturated heterocycles. The Labute approximate surface area is 64.8 Å². The lowest BCUT2D eigenvalue weighted by atomic mass is 10.4. The zero-order valence-electron chi connectivity index (χ0n) is 6.57. The van der Waals surface area contributed by atoms with Crippen LogP contribution in [0.4, 0.5) is 0 Å². The quantitative estimate of drug-likeness (QED) is 0.598. The van der Waals surface area contributed by atoms with Crippen molar-refractivity contribution in [2.75, 3.05) is 7.05 Å². The fraction of sp³-hybridized carbons (Fsp3) is 0.429. The second kappa shape index (κ2) is 3.18. The predicted octanol–water partition coefficient (Wildman–Crippen LogP) is 0.571. The van der Waals surface area contributed by atoms with E-state index < -0.39 is 0 Å². The molecule has 0 aliphatic carbocycles. The van der Waals surface area contributed by atoms with E-state index in [-0.39, 0.29) is 0 Å². The first-order valence-corrected chi connectivity index (χ1v) is 3.30. The standard InChI is InChI=1S/C7H10N2O2/c1-6-3-7(8-11-6)4-9(2)5-10/h3,5H,4H2,1-2H3. The van der Waals surface area contributed by atoms with Gasteiger partial charge in [0.15, 0.2) is 0 Å². The van der Waals surface area contributed by atoms with Crippen LogP contribution in [0.25, 0.3) is 0 Å². The number of nitrogens with zero attached hydrogens (tertiary/aromatic N) is 2. The molecule has 0 saturated carbocycles. The number of carbonyl (C=O) groups excluding carboxylic acids is 1. The molecule has 11 heavy (non-hydrogen) atoms. The molecule has 1 aromatic heterocycles. The number of carbonyl (C=O) groups is 1. The van der Waals surface area contributed by atoms with Gasteiger partial charge in [-0.25, -0.2) is 0 Å². The van der Waals surface area contributed by atoms with E-state index in [1.807, 2.05) is 6.92 Å². The van der Waals surface area contributed by atoms with E-state index in [4.69, 9.17) is 4.52 Å². The summed E-state index contributed by atoms with van der Waals surface area (Å²) in [6, 6.07) is 1.81. The van der Waals surface area contributed by atoms with Gasteiger partial charge in [0, 0.05) is 13.1 Å².